The van der Waals surface area contributed by atoms with Crippen molar-refractivity contribution in [2.75, 3.05) is 11.1 Å². The molecule has 70 valence electrons. The van der Waals surface area contributed by atoms with Crippen molar-refractivity contribution in [3.05, 3.63) is 22.8 Å². The Labute approximate surface area is 90.5 Å². The number of nitrogens with zero attached hydrogens (tertiary/aromatic N) is 1. The van der Waals surface area contributed by atoms with Crippen LogP contribution < -0.4 is 5.32 Å². The van der Waals surface area contributed by atoms with E-state index in [-0.39, 0.29) is 5.91 Å². The molecule has 0 bridgehead atoms. The van der Waals surface area contributed by atoms with Crippen LogP contribution >= 0.6 is 28.6 Å². The van der Waals surface area contributed by atoms with Crippen LogP contribution in [-0.2, 0) is 4.79 Å². The van der Waals surface area contributed by atoms with Gasteiger partial charge in [-0.3, -0.25) is 4.79 Å². The fourth-order valence-corrected chi connectivity index (χ4v) is 1.19. The zero-order valence-electron chi connectivity index (χ0n) is 6.83. The summed E-state index contributed by atoms with van der Waals surface area (Å²) in [5, 5.41) is 2.65. The van der Waals surface area contributed by atoms with Crippen LogP contribution in [0.2, 0.25) is 0 Å². The van der Waals surface area contributed by atoms with E-state index < -0.39 is 0 Å². The van der Waals surface area contributed by atoms with Crippen LogP contribution in [0.25, 0.3) is 0 Å². The maximum Gasteiger partial charge on any atom is 0.226 e. The van der Waals surface area contributed by atoms with Crippen molar-refractivity contribution in [2.45, 2.75) is 6.42 Å². The highest BCUT2D eigenvalue weighted by Gasteiger charge is 2.00. The first-order valence-corrected chi connectivity index (χ1v) is 5.17. The van der Waals surface area contributed by atoms with Crippen molar-refractivity contribution in [1.82, 2.24) is 4.98 Å². The number of halogens is 1. The number of thiol groups is 1. The molecular weight excluding hydrogens is 252 g/mol. The lowest BCUT2D eigenvalue weighted by molar-refractivity contribution is -0.115. The molecule has 0 spiro atoms. The second-order valence-electron chi connectivity index (χ2n) is 2.38. The van der Waals surface area contributed by atoms with Gasteiger partial charge in [0, 0.05) is 17.1 Å². The summed E-state index contributed by atoms with van der Waals surface area (Å²) < 4.78 is 0.889. The van der Waals surface area contributed by atoms with Crippen molar-refractivity contribution >= 4 is 40.3 Å². The van der Waals surface area contributed by atoms with Gasteiger partial charge in [-0.25, -0.2) is 4.98 Å². The molecule has 0 saturated heterocycles. The second kappa shape index (κ2) is 5.24. The molecule has 0 aliphatic carbocycles. The summed E-state index contributed by atoms with van der Waals surface area (Å²) in [6.07, 6.45) is 2.04. The summed E-state index contributed by atoms with van der Waals surface area (Å²) in [5.74, 6) is 1.04. The maximum absolute atomic E-state index is 11.1. The molecule has 1 heterocycles. The fourth-order valence-electron chi connectivity index (χ4n) is 0.757. The van der Waals surface area contributed by atoms with E-state index in [4.69, 9.17) is 0 Å². The SMILES string of the molecule is O=C(CCS)Nc1ccc(Br)cn1. The third-order valence-corrected chi connectivity index (χ3v) is 2.03. The molecule has 0 aliphatic heterocycles. The first-order chi connectivity index (χ1) is 6.22. The standard InChI is InChI=1S/C8H9BrN2OS/c9-6-1-2-7(10-5-6)11-8(12)3-4-13/h1-2,5,13H,3-4H2,(H,10,11,12). The molecule has 1 aromatic rings. The molecule has 0 fully saturated rings. The molecule has 13 heavy (non-hydrogen) atoms. The van der Waals surface area contributed by atoms with Gasteiger partial charge in [0.2, 0.25) is 5.91 Å². The number of carbonyl (C=O) groups excluding carboxylic acids is 1. The Bertz CT molecular complexity index is 289. The molecule has 1 rings (SSSR count). The summed E-state index contributed by atoms with van der Waals surface area (Å²) in [6, 6.07) is 3.56. The van der Waals surface area contributed by atoms with Gasteiger partial charge in [0.1, 0.15) is 5.82 Å². The van der Waals surface area contributed by atoms with Crippen LogP contribution in [0.5, 0.6) is 0 Å². The highest BCUT2D eigenvalue weighted by molar-refractivity contribution is 9.10. The molecule has 0 radical (unpaired) electrons. The molecule has 0 aromatic carbocycles. The van der Waals surface area contributed by atoms with Crippen molar-refractivity contribution < 1.29 is 4.79 Å². The van der Waals surface area contributed by atoms with Gasteiger partial charge in [0.15, 0.2) is 0 Å². The van der Waals surface area contributed by atoms with E-state index in [2.05, 4.69) is 38.9 Å². The smallest absolute Gasteiger partial charge is 0.226 e. The lowest BCUT2D eigenvalue weighted by atomic mass is 10.4. The van der Waals surface area contributed by atoms with Gasteiger partial charge >= 0.3 is 0 Å². The topological polar surface area (TPSA) is 42.0 Å². The summed E-state index contributed by atoms with van der Waals surface area (Å²) in [7, 11) is 0. The second-order valence-corrected chi connectivity index (χ2v) is 3.75. The number of hydrogen-bond acceptors (Lipinski definition) is 3. The van der Waals surface area contributed by atoms with Crippen LogP contribution in [0.15, 0.2) is 22.8 Å². The van der Waals surface area contributed by atoms with Crippen molar-refractivity contribution in [3.63, 3.8) is 0 Å². The zero-order valence-corrected chi connectivity index (χ0v) is 9.31. The number of anilines is 1. The Morgan fingerprint density at radius 2 is 2.38 bits per heavy atom. The van der Waals surface area contributed by atoms with Gasteiger partial charge in [0.05, 0.1) is 0 Å². The van der Waals surface area contributed by atoms with Crippen LogP contribution in [-0.4, -0.2) is 16.6 Å². The Hall–Kier alpha value is -0.550. The van der Waals surface area contributed by atoms with E-state index in [0.29, 0.717) is 18.0 Å². The van der Waals surface area contributed by atoms with E-state index >= 15 is 0 Å². The Kier molecular flexibility index (Phi) is 4.24. The van der Waals surface area contributed by atoms with E-state index in [1.54, 1.807) is 12.3 Å². The van der Waals surface area contributed by atoms with Gasteiger partial charge in [-0.1, -0.05) is 0 Å². The zero-order chi connectivity index (χ0) is 9.68. The third kappa shape index (κ3) is 3.78. The summed E-state index contributed by atoms with van der Waals surface area (Å²) >= 11 is 7.21. The summed E-state index contributed by atoms with van der Waals surface area (Å²) in [6.45, 7) is 0. The number of rotatable bonds is 3. The van der Waals surface area contributed by atoms with Crippen LogP contribution in [0.1, 0.15) is 6.42 Å². The highest BCUT2D eigenvalue weighted by atomic mass is 79.9. The van der Waals surface area contributed by atoms with Crippen LogP contribution in [0.4, 0.5) is 5.82 Å². The number of carbonyl (C=O) groups is 1. The fraction of sp³-hybridized carbons (Fsp3) is 0.250. The van der Waals surface area contributed by atoms with Crippen LogP contribution in [0, 0.1) is 0 Å². The third-order valence-electron chi connectivity index (χ3n) is 1.33. The summed E-state index contributed by atoms with van der Waals surface area (Å²) in [5.41, 5.74) is 0. The predicted molar refractivity (Wildman–Crippen MR) is 59.0 cm³/mol. The van der Waals surface area contributed by atoms with E-state index in [1.165, 1.54) is 0 Å². The number of pyridine rings is 1. The van der Waals surface area contributed by atoms with Gasteiger partial charge in [-0.15, -0.1) is 0 Å². The summed E-state index contributed by atoms with van der Waals surface area (Å²) in [4.78, 5) is 15.1. The van der Waals surface area contributed by atoms with E-state index in [1.807, 2.05) is 6.07 Å². The number of hydrogen-bond donors (Lipinski definition) is 2. The molecule has 0 aliphatic rings. The molecule has 1 amide bonds. The minimum absolute atomic E-state index is 0.0650. The number of nitrogens with one attached hydrogen (secondary N) is 1. The van der Waals surface area contributed by atoms with E-state index in [9.17, 15) is 4.79 Å². The Morgan fingerprint density at radius 3 is 2.92 bits per heavy atom. The van der Waals surface area contributed by atoms with Gasteiger partial charge in [0.25, 0.3) is 0 Å². The maximum atomic E-state index is 11.1. The molecule has 5 heteroatoms. The average Bonchev–Trinajstić information content (AvgIpc) is 2.09. The normalized spacial score (nSPS) is 9.69. The lowest BCUT2D eigenvalue weighted by Crippen LogP contribution is -2.12. The molecular formula is C8H9BrN2OS. The monoisotopic (exact) mass is 260 g/mol. The van der Waals surface area contributed by atoms with Crippen molar-refractivity contribution in [1.29, 1.82) is 0 Å². The first-order valence-electron chi connectivity index (χ1n) is 3.74. The minimum Gasteiger partial charge on any atom is -0.311 e. The van der Waals surface area contributed by atoms with Gasteiger partial charge in [-0.05, 0) is 33.8 Å². The average molecular weight is 261 g/mol. The van der Waals surface area contributed by atoms with E-state index in [0.717, 1.165) is 4.47 Å². The molecule has 1 aromatic heterocycles. The van der Waals surface area contributed by atoms with Crippen LogP contribution in [0.3, 0.4) is 0 Å². The minimum atomic E-state index is -0.0650. The molecule has 1 N–H and O–H groups in total. The molecule has 0 saturated carbocycles. The Balaban J connectivity index is 2.54. The van der Waals surface area contributed by atoms with Gasteiger partial charge < -0.3 is 5.32 Å². The lowest BCUT2D eigenvalue weighted by Gasteiger charge is -2.01. The van der Waals surface area contributed by atoms with Gasteiger partial charge in [-0.2, -0.15) is 12.6 Å². The first kappa shape index (κ1) is 10.5. The Morgan fingerprint density at radius 1 is 1.62 bits per heavy atom. The number of amides is 1. The predicted octanol–water partition coefficient (Wildman–Crippen LogP) is 2.10. The van der Waals surface area contributed by atoms with Crippen molar-refractivity contribution in [3.8, 4) is 0 Å². The van der Waals surface area contributed by atoms with Crippen molar-refractivity contribution in [2.24, 2.45) is 0 Å². The molecule has 3 nitrogen and oxygen atoms in total. The largest absolute Gasteiger partial charge is 0.311 e. The molecule has 0 unspecified atom stereocenters. The quantitative estimate of drug-likeness (QED) is 0.818. The highest BCUT2D eigenvalue weighted by Crippen LogP contribution is 2.10. The molecule has 0 atom stereocenters. The number of aromatic nitrogens is 1.